The van der Waals surface area contributed by atoms with Crippen LogP contribution in [0.15, 0.2) is 22.7 Å². The minimum absolute atomic E-state index is 0.110. The van der Waals surface area contributed by atoms with Crippen molar-refractivity contribution in [2.24, 2.45) is 0 Å². The van der Waals surface area contributed by atoms with Crippen molar-refractivity contribution in [3.05, 3.63) is 45.3 Å². The zero-order valence-corrected chi connectivity index (χ0v) is 10.5. The summed E-state index contributed by atoms with van der Waals surface area (Å²) in [6, 6.07) is 5.03. The third-order valence-corrected chi connectivity index (χ3v) is 2.70. The standard InChI is InChI=1S/C12H9Cl2NO2/c1-7-4-9(17-15-7)3-2-8-5-10(13)12(16)11(14)6-8/h2-6,16H,1H3/b3-2+. The molecule has 1 heterocycles. The molecule has 2 aromatic rings. The predicted octanol–water partition coefficient (Wildman–Crippen LogP) is 4.17. The van der Waals surface area contributed by atoms with Gasteiger partial charge in [-0.15, -0.1) is 0 Å². The van der Waals surface area contributed by atoms with Gasteiger partial charge < -0.3 is 9.63 Å². The summed E-state index contributed by atoms with van der Waals surface area (Å²) in [5.74, 6) is 0.531. The normalized spacial score (nSPS) is 11.2. The molecule has 2 rings (SSSR count). The molecule has 0 saturated heterocycles. The maximum absolute atomic E-state index is 9.40. The first-order valence-corrected chi connectivity index (χ1v) is 5.61. The molecule has 0 unspecified atom stereocenters. The zero-order chi connectivity index (χ0) is 12.4. The van der Waals surface area contributed by atoms with Crippen LogP contribution in [0, 0.1) is 6.92 Å². The van der Waals surface area contributed by atoms with Gasteiger partial charge in [0.1, 0.15) is 0 Å². The summed E-state index contributed by atoms with van der Waals surface area (Å²) in [5.41, 5.74) is 1.58. The summed E-state index contributed by atoms with van der Waals surface area (Å²) >= 11 is 11.6. The number of phenolic OH excluding ortho intramolecular Hbond substituents is 1. The number of nitrogens with zero attached hydrogens (tertiary/aromatic N) is 1. The van der Waals surface area contributed by atoms with E-state index >= 15 is 0 Å². The van der Waals surface area contributed by atoms with Crippen LogP contribution in [0.3, 0.4) is 0 Å². The smallest absolute Gasteiger partial charge is 0.159 e. The molecule has 5 heteroatoms. The Morgan fingerprint density at radius 2 is 1.82 bits per heavy atom. The van der Waals surface area contributed by atoms with E-state index < -0.39 is 0 Å². The van der Waals surface area contributed by atoms with Crippen molar-refractivity contribution in [2.75, 3.05) is 0 Å². The molecule has 1 N–H and O–H groups in total. The van der Waals surface area contributed by atoms with Crippen molar-refractivity contribution >= 4 is 35.4 Å². The van der Waals surface area contributed by atoms with E-state index in [4.69, 9.17) is 27.7 Å². The Bertz CT molecular complexity index is 553. The molecule has 0 aliphatic carbocycles. The lowest BCUT2D eigenvalue weighted by molar-refractivity contribution is 0.408. The summed E-state index contributed by atoms with van der Waals surface area (Å²) in [5, 5.41) is 13.6. The zero-order valence-electron chi connectivity index (χ0n) is 8.95. The monoisotopic (exact) mass is 269 g/mol. The van der Waals surface area contributed by atoms with E-state index in [1.54, 1.807) is 30.4 Å². The Kier molecular flexibility index (Phi) is 3.41. The van der Waals surface area contributed by atoms with Gasteiger partial charge in [-0.05, 0) is 30.7 Å². The van der Waals surface area contributed by atoms with Crippen molar-refractivity contribution < 1.29 is 9.63 Å². The molecule has 0 bridgehead atoms. The quantitative estimate of drug-likeness (QED) is 0.890. The van der Waals surface area contributed by atoms with E-state index in [9.17, 15) is 5.11 Å². The minimum atomic E-state index is -0.110. The molecular formula is C12H9Cl2NO2. The molecule has 17 heavy (non-hydrogen) atoms. The van der Waals surface area contributed by atoms with Crippen LogP contribution in [0.25, 0.3) is 12.2 Å². The lowest BCUT2D eigenvalue weighted by Crippen LogP contribution is -1.76. The largest absolute Gasteiger partial charge is 0.505 e. The van der Waals surface area contributed by atoms with Gasteiger partial charge in [0, 0.05) is 6.07 Å². The fourth-order valence-electron chi connectivity index (χ4n) is 1.32. The van der Waals surface area contributed by atoms with Crippen molar-refractivity contribution in [1.29, 1.82) is 0 Å². The average molecular weight is 270 g/mol. The first-order valence-electron chi connectivity index (χ1n) is 4.85. The number of aromatic nitrogens is 1. The number of phenols is 1. The molecule has 0 aliphatic heterocycles. The van der Waals surface area contributed by atoms with Crippen molar-refractivity contribution in [1.82, 2.24) is 5.16 Å². The van der Waals surface area contributed by atoms with Crippen LogP contribution in [0.4, 0.5) is 0 Å². The van der Waals surface area contributed by atoms with Crippen LogP contribution < -0.4 is 0 Å². The van der Waals surface area contributed by atoms with Gasteiger partial charge in [0.2, 0.25) is 0 Å². The topological polar surface area (TPSA) is 46.3 Å². The fourth-order valence-corrected chi connectivity index (χ4v) is 1.83. The molecule has 0 spiro atoms. The summed E-state index contributed by atoms with van der Waals surface area (Å²) < 4.78 is 5.02. The third kappa shape index (κ3) is 2.81. The van der Waals surface area contributed by atoms with Crippen molar-refractivity contribution in [3.63, 3.8) is 0 Å². The van der Waals surface area contributed by atoms with E-state index in [0.29, 0.717) is 5.76 Å². The third-order valence-electron chi connectivity index (χ3n) is 2.13. The van der Waals surface area contributed by atoms with Gasteiger partial charge in [0.25, 0.3) is 0 Å². The molecule has 0 fully saturated rings. The summed E-state index contributed by atoms with van der Waals surface area (Å²) in [6.45, 7) is 1.84. The van der Waals surface area contributed by atoms with Gasteiger partial charge in [-0.3, -0.25) is 0 Å². The average Bonchev–Trinajstić information content (AvgIpc) is 2.69. The first kappa shape index (κ1) is 12.0. The second-order valence-electron chi connectivity index (χ2n) is 3.54. The SMILES string of the molecule is Cc1cc(/C=C/c2cc(Cl)c(O)c(Cl)c2)on1. The van der Waals surface area contributed by atoms with Crippen LogP contribution in [0.1, 0.15) is 17.0 Å². The molecule has 3 nitrogen and oxygen atoms in total. The maximum atomic E-state index is 9.40. The Morgan fingerprint density at radius 1 is 1.18 bits per heavy atom. The fraction of sp³-hybridized carbons (Fsp3) is 0.0833. The lowest BCUT2D eigenvalue weighted by Gasteiger charge is -2.01. The predicted molar refractivity (Wildman–Crippen MR) is 68.3 cm³/mol. The van der Waals surface area contributed by atoms with Crippen LogP contribution in [-0.2, 0) is 0 Å². The van der Waals surface area contributed by atoms with Gasteiger partial charge in [0.05, 0.1) is 15.7 Å². The van der Waals surface area contributed by atoms with Crippen LogP contribution >= 0.6 is 23.2 Å². The molecular weight excluding hydrogens is 261 g/mol. The van der Waals surface area contributed by atoms with E-state index in [1.807, 2.05) is 6.92 Å². The number of aryl methyl sites for hydroxylation is 1. The maximum Gasteiger partial charge on any atom is 0.159 e. The van der Waals surface area contributed by atoms with E-state index in [0.717, 1.165) is 11.3 Å². The van der Waals surface area contributed by atoms with Crippen LogP contribution in [0.2, 0.25) is 10.0 Å². The lowest BCUT2D eigenvalue weighted by atomic mass is 10.2. The number of rotatable bonds is 2. The number of aromatic hydroxyl groups is 1. The van der Waals surface area contributed by atoms with Gasteiger partial charge in [-0.2, -0.15) is 0 Å². The molecule has 1 aromatic carbocycles. The number of hydrogen-bond acceptors (Lipinski definition) is 3. The summed E-state index contributed by atoms with van der Waals surface area (Å²) in [7, 11) is 0. The Balaban J connectivity index is 2.27. The van der Waals surface area contributed by atoms with Crippen LogP contribution in [-0.4, -0.2) is 10.3 Å². The summed E-state index contributed by atoms with van der Waals surface area (Å²) in [4.78, 5) is 0. The van der Waals surface area contributed by atoms with Crippen LogP contribution in [0.5, 0.6) is 5.75 Å². The molecule has 1 aromatic heterocycles. The number of benzene rings is 1. The van der Waals surface area contributed by atoms with Gasteiger partial charge in [-0.1, -0.05) is 34.4 Å². The second-order valence-corrected chi connectivity index (χ2v) is 4.35. The van der Waals surface area contributed by atoms with Crippen molar-refractivity contribution in [2.45, 2.75) is 6.92 Å². The van der Waals surface area contributed by atoms with E-state index in [-0.39, 0.29) is 15.8 Å². The van der Waals surface area contributed by atoms with Crippen molar-refractivity contribution in [3.8, 4) is 5.75 Å². The van der Waals surface area contributed by atoms with E-state index in [2.05, 4.69) is 5.16 Å². The van der Waals surface area contributed by atoms with Gasteiger partial charge in [-0.25, -0.2) is 0 Å². The molecule has 0 amide bonds. The second kappa shape index (κ2) is 4.82. The highest BCUT2D eigenvalue weighted by Gasteiger charge is 2.05. The highest BCUT2D eigenvalue weighted by molar-refractivity contribution is 6.37. The van der Waals surface area contributed by atoms with E-state index in [1.165, 1.54) is 0 Å². The molecule has 88 valence electrons. The summed E-state index contributed by atoms with van der Waals surface area (Å²) in [6.07, 6.45) is 3.52. The van der Waals surface area contributed by atoms with Gasteiger partial charge >= 0.3 is 0 Å². The molecule has 0 atom stereocenters. The van der Waals surface area contributed by atoms with Gasteiger partial charge in [0.15, 0.2) is 11.5 Å². The number of halogens is 2. The number of hydrogen-bond donors (Lipinski definition) is 1. The first-order chi connectivity index (χ1) is 8.06. The molecule has 0 radical (unpaired) electrons. The highest BCUT2D eigenvalue weighted by Crippen LogP contribution is 2.33. The molecule has 0 aliphatic rings. The Hall–Kier alpha value is -1.45. The highest BCUT2D eigenvalue weighted by atomic mass is 35.5. The Labute approximate surface area is 108 Å². The minimum Gasteiger partial charge on any atom is -0.505 e. The molecule has 0 saturated carbocycles. The Morgan fingerprint density at radius 3 is 2.35 bits per heavy atom.